The molecule has 4 nitrogen and oxygen atoms in total. The van der Waals surface area contributed by atoms with Crippen molar-refractivity contribution in [3.63, 3.8) is 0 Å². The second-order valence-corrected chi connectivity index (χ2v) is 12.2. The highest BCUT2D eigenvalue weighted by Gasteiger charge is 2.19. The largest absolute Gasteiger partial charge is 0.292 e. The van der Waals surface area contributed by atoms with E-state index in [0.717, 1.165) is 66.7 Å². The fraction of sp³-hybridized carbons (Fsp3) is 0. The van der Waals surface area contributed by atoms with E-state index in [0.29, 0.717) is 5.56 Å². The predicted molar refractivity (Wildman–Crippen MR) is 200 cm³/mol. The zero-order valence-corrected chi connectivity index (χ0v) is 26.5. The van der Waals surface area contributed by atoms with Crippen molar-refractivity contribution >= 4 is 32.6 Å². The van der Waals surface area contributed by atoms with Gasteiger partial charge in [0.25, 0.3) is 0 Å². The first kappa shape index (κ1) is 28.4. The molecular weight excluding hydrogens is 597 g/mol. The van der Waals surface area contributed by atoms with Gasteiger partial charge in [-0.15, -0.1) is 0 Å². The summed E-state index contributed by atoms with van der Waals surface area (Å²) in [6, 6.07) is 57.3. The molecule has 2 heterocycles. The molecule has 0 amide bonds. The van der Waals surface area contributed by atoms with Crippen LogP contribution in [0, 0.1) is 11.3 Å². The average molecular weight is 625 g/mol. The van der Waals surface area contributed by atoms with Crippen molar-refractivity contribution in [2.45, 2.75) is 0 Å². The first-order chi connectivity index (χ1) is 24.3. The fourth-order valence-corrected chi connectivity index (χ4v) is 7.08. The molecule has 0 aliphatic heterocycles. The molecule has 4 heteroatoms. The first-order valence-corrected chi connectivity index (χ1v) is 16.3. The predicted octanol–water partition coefficient (Wildman–Crippen LogP) is 11.3. The number of hydrogen-bond acceptors (Lipinski definition) is 3. The molecule has 2 aromatic heterocycles. The normalized spacial score (nSPS) is 11.2. The first-order valence-electron chi connectivity index (χ1n) is 16.3. The summed E-state index contributed by atoms with van der Waals surface area (Å²) < 4.78 is 2.25. The van der Waals surface area contributed by atoms with Crippen LogP contribution < -0.4 is 0 Å². The van der Waals surface area contributed by atoms with E-state index < -0.39 is 0 Å². The van der Waals surface area contributed by atoms with Crippen LogP contribution in [0.5, 0.6) is 0 Å². The van der Waals surface area contributed by atoms with Gasteiger partial charge in [0.1, 0.15) is 5.82 Å². The molecule has 0 N–H and O–H groups in total. The molecule has 228 valence electrons. The van der Waals surface area contributed by atoms with Gasteiger partial charge in [-0.25, -0.2) is 4.98 Å². The zero-order valence-electron chi connectivity index (χ0n) is 26.5. The van der Waals surface area contributed by atoms with Crippen LogP contribution in [0.4, 0.5) is 0 Å². The molecule has 49 heavy (non-hydrogen) atoms. The Bertz CT molecular complexity index is 2680. The van der Waals surface area contributed by atoms with Crippen LogP contribution in [0.25, 0.3) is 83.0 Å². The minimum atomic E-state index is 0.646. The van der Waals surface area contributed by atoms with Crippen LogP contribution in [-0.4, -0.2) is 14.5 Å². The lowest BCUT2D eigenvalue weighted by molar-refractivity contribution is 1.10. The Morgan fingerprint density at radius 3 is 1.78 bits per heavy atom. The van der Waals surface area contributed by atoms with E-state index in [-0.39, 0.29) is 0 Å². The van der Waals surface area contributed by atoms with E-state index in [1.807, 2.05) is 48.8 Å². The molecule has 0 fully saturated rings. The number of aromatic nitrogens is 3. The van der Waals surface area contributed by atoms with Crippen LogP contribution >= 0.6 is 0 Å². The fourth-order valence-electron chi connectivity index (χ4n) is 7.08. The molecule has 0 aliphatic rings. The van der Waals surface area contributed by atoms with Crippen molar-refractivity contribution in [3.05, 3.63) is 176 Å². The molecule has 0 saturated carbocycles. The van der Waals surface area contributed by atoms with Crippen LogP contribution in [0.3, 0.4) is 0 Å². The standard InChI is InChI=1S/C45H28N4/c46-29-30-14-16-32(17-15-30)44-38-11-5-4-10-37(38)43(39-23-20-35(28-40(39)44)31-24-26-47-27-25-31)33-18-21-36(22-19-33)49-42-13-7-6-12-41(42)48-45(49)34-8-2-1-3-9-34/h1-28H. The van der Waals surface area contributed by atoms with Crippen molar-refractivity contribution < 1.29 is 0 Å². The molecule has 0 atom stereocenters. The number of rotatable bonds is 5. The number of imidazole rings is 1. The van der Waals surface area contributed by atoms with Crippen LogP contribution in [0.15, 0.2) is 170 Å². The number of nitrogens with zero attached hydrogens (tertiary/aromatic N) is 4. The van der Waals surface area contributed by atoms with Gasteiger partial charge in [0.15, 0.2) is 0 Å². The van der Waals surface area contributed by atoms with Gasteiger partial charge >= 0.3 is 0 Å². The molecule has 0 radical (unpaired) electrons. The lowest BCUT2D eigenvalue weighted by Gasteiger charge is -2.19. The Labute approximate surface area is 283 Å². The van der Waals surface area contributed by atoms with Crippen molar-refractivity contribution in [1.82, 2.24) is 14.5 Å². The van der Waals surface area contributed by atoms with Gasteiger partial charge in [0, 0.05) is 23.6 Å². The summed E-state index contributed by atoms with van der Waals surface area (Å²) in [5, 5.41) is 14.2. The second-order valence-electron chi connectivity index (χ2n) is 12.2. The molecule has 9 aromatic rings. The average Bonchev–Trinajstić information content (AvgIpc) is 3.57. The van der Waals surface area contributed by atoms with Gasteiger partial charge in [-0.3, -0.25) is 9.55 Å². The SMILES string of the molecule is N#Cc1ccc(-c2c3ccccc3c(-c3ccc(-n4c(-c5ccccc5)nc5ccccc54)cc3)c3ccc(-c4ccncc4)cc23)cc1. The summed E-state index contributed by atoms with van der Waals surface area (Å²) >= 11 is 0. The van der Waals surface area contributed by atoms with E-state index in [1.54, 1.807) is 0 Å². The Hall–Kier alpha value is -6.83. The minimum Gasteiger partial charge on any atom is -0.292 e. The topological polar surface area (TPSA) is 54.5 Å². The molecular formula is C45H28N4. The van der Waals surface area contributed by atoms with Crippen molar-refractivity contribution in [2.24, 2.45) is 0 Å². The smallest absolute Gasteiger partial charge is 0.145 e. The Balaban J connectivity index is 1.28. The van der Waals surface area contributed by atoms with E-state index in [9.17, 15) is 5.26 Å². The van der Waals surface area contributed by atoms with Crippen LogP contribution in [0.2, 0.25) is 0 Å². The van der Waals surface area contributed by atoms with E-state index >= 15 is 0 Å². The number of fused-ring (bicyclic) bond motifs is 3. The van der Waals surface area contributed by atoms with E-state index in [4.69, 9.17) is 4.98 Å². The van der Waals surface area contributed by atoms with Gasteiger partial charge in [-0.05, 0) is 110 Å². The third-order valence-corrected chi connectivity index (χ3v) is 9.35. The molecule has 0 bridgehead atoms. The maximum Gasteiger partial charge on any atom is 0.145 e. The monoisotopic (exact) mass is 624 g/mol. The summed E-state index contributed by atoms with van der Waals surface area (Å²) in [4.78, 5) is 9.29. The highest BCUT2D eigenvalue weighted by Crippen LogP contribution is 2.45. The van der Waals surface area contributed by atoms with Crippen molar-refractivity contribution in [2.75, 3.05) is 0 Å². The maximum absolute atomic E-state index is 9.51. The third kappa shape index (κ3) is 4.85. The number of pyridine rings is 1. The molecule has 0 unspecified atom stereocenters. The molecule has 7 aromatic carbocycles. The lowest BCUT2D eigenvalue weighted by Crippen LogP contribution is -1.98. The summed E-state index contributed by atoms with van der Waals surface area (Å²) in [5.74, 6) is 0.917. The molecule has 0 saturated heterocycles. The van der Waals surface area contributed by atoms with Gasteiger partial charge in [-0.1, -0.05) is 103 Å². The number of nitriles is 1. The van der Waals surface area contributed by atoms with Crippen molar-refractivity contribution in [3.8, 4) is 56.5 Å². The Morgan fingerprint density at radius 1 is 0.469 bits per heavy atom. The summed E-state index contributed by atoms with van der Waals surface area (Å²) in [7, 11) is 0. The van der Waals surface area contributed by atoms with E-state index in [2.05, 4.69) is 137 Å². The Kier molecular flexibility index (Phi) is 6.81. The summed E-state index contributed by atoms with van der Waals surface area (Å²) in [6.45, 7) is 0. The minimum absolute atomic E-state index is 0.646. The molecule has 0 spiro atoms. The van der Waals surface area contributed by atoms with Gasteiger partial charge in [0.2, 0.25) is 0 Å². The Morgan fingerprint density at radius 2 is 1.06 bits per heavy atom. The maximum atomic E-state index is 9.51. The highest BCUT2D eigenvalue weighted by molar-refractivity contribution is 6.22. The van der Waals surface area contributed by atoms with Crippen LogP contribution in [0.1, 0.15) is 5.56 Å². The van der Waals surface area contributed by atoms with Gasteiger partial charge < -0.3 is 0 Å². The number of benzene rings is 7. The van der Waals surface area contributed by atoms with E-state index in [1.165, 1.54) is 16.3 Å². The lowest BCUT2D eigenvalue weighted by atomic mass is 9.84. The molecule has 0 aliphatic carbocycles. The van der Waals surface area contributed by atoms with Gasteiger partial charge in [0.05, 0.1) is 22.7 Å². The van der Waals surface area contributed by atoms with Crippen molar-refractivity contribution in [1.29, 1.82) is 5.26 Å². The number of hydrogen-bond donors (Lipinski definition) is 0. The second kappa shape index (κ2) is 11.8. The van der Waals surface area contributed by atoms with Crippen LogP contribution in [-0.2, 0) is 0 Å². The highest BCUT2D eigenvalue weighted by atomic mass is 15.1. The third-order valence-electron chi connectivity index (χ3n) is 9.35. The molecule has 9 rings (SSSR count). The number of para-hydroxylation sites is 2. The quantitative estimate of drug-likeness (QED) is 0.179. The summed E-state index contributed by atoms with van der Waals surface area (Å²) in [5.41, 5.74) is 11.6. The van der Waals surface area contributed by atoms with Gasteiger partial charge in [-0.2, -0.15) is 5.26 Å². The zero-order chi connectivity index (χ0) is 32.7. The summed E-state index contributed by atoms with van der Waals surface area (Å²) in [6.07, 6.45) is 3.67.